The first-order chi connectivity index (χ1) is 16.8. The van der Waals surface area contributed by atoms with Crippen molar-refractivity contribution in [3.05, 3.63) is 63.6 Å². The Labute approximate surface area is 224 Å². The molecule has 1 atom stereocenters. The number of aryl methyl sites for hydroxylation is 1. The normalized spacial score (nSPS) is 12.3. The van der Waals surface area contributed by atoms with E-state index in [2.05, 4.69) is 5.32 Å². The van der Waals surface area contributed by atoms with Crippen molar-refractivity contribution in [1.82, 2.24) is 10.2 Å². The second-order valence-corrected chi connectivity index (χ2v) is 11.9. The van der Waals surface area contributed by atoms with Gasteiger partial charge in [-0.3, -0.25) is 13.9 Å². The molecular formula is C26H35Cl2N3O4S. The molecule has 0 aliphatic carbocycles. The maximum atomic E-state index is 13.4. The van der Waals surface area contributed by atoms with Crippen LogP contribution in [-0.2, 0) is 26.2 Å². The zero-order valence-corrected chi connectivity index (χ0v) is 23.8. The van der Waals surface area contributed by atoms with Crippen LogP contribution < -0.4 is 9.62 Å². The fourth-order valence-electron chi connectivity index (χ4n) is 3.85. The number of hydrogen-bond acceptors (Lipinski definition) is 4. The van der Waals surface area contributed by atoms with Crippen molar-refractivity contribution in [1.29, 1.82) is 0 Å². The second-order valence-electron chi connectivity index (χ2n) is 9.13. The molecule has 10 heteroatoms. The minimum Gasteiger partial charge on any atom is -0.352 e. The first-order valence-electron chi connectivity index (χ1n) is 11.9. The molecule has 0 unspecified atom stereocenters. The van der Waals surface area contributed by atoms with Gasteiger partial charge in [-0.25, -0.2) is 8.42 Å². The zero-order chi connectivity index (χ0) is 27.0. The monoisotopic (exact) mass is 555 g/mol. The van der Waals surface area contributed by atoms with Crippen molar-refractivity contribution in [3.8, 4) is 0 Å². The molecule has 0 fully saturated rings. The van der Waals surface area contributed by atoms with E-state index >= 15 is 0 Å². The molecule has 0 saturated heterocycles. The van der Waals surface area contributed by atoms with Crippen LogP contribution in [0.5, 0.6) is 0 Å². The lowest BCUT2D eigenvalue weighted by Gasteiger charge is -2.31. The number of carbonyl (C=O) groups excluding carboxylic acids is 2. The predicted molar refractivity (Wildman–Crippen MR) is 147 cm³/mol. The maximum absolute atomic E-state index is 13.4. The van der Waals surface area contributed by atoms with E-state index in [4.69, 9.17) is 23.2 Å². The number of hydrogen-bond donors (Lipinski definition) is 1. The molecule has 0 saturated carbocycles. The van der Waals surface area contributed by atoms with Gasteiger partial charge in [-0.15, -0.1) is 0 Å². The summed E-state index contributed by atoms with van der Waals surface area (Å²) in [5.74, 6) is -0.441. The number of amides is 2. The molecule has 2 aromatic rings. The molecule has 0 spiro atoms. The number of sulfonamides is 1. The van der Waals surface area contributed by atoms with Gasteiger partial charge in [0.1, 0.15) is 6.04 Å². The fourth-order valence-corrected chi connectivity index (χ4v) is 5.25. The average Bonchev–Trinajstić information content (AvgIpc) is 2.78. The lowest BCUT2D eigenvalue weighted by atomic mass is 10.1. The molecule has 2 rings (SSSR count). The summed E-state index contributed by atoms with van der Waals surface area (Å²) in [5, 5.41) is 3.50. The SMILES string of the molecule is CC[C@H](C(=O)NC(C)C)N(Cc1ccc(C)cc1)C(=O)CCCN(c1cc(Cl)ccc1Cl)S(C)(=O)=O. The Morgan fingerprint density at radius 2 is 1.69 bits per heavy atom. The largest absolute Gasteiger partial charge is 0.352 e. The van der Waals surface area contributed by atoms with Crippen LogP contribution in [0.4, 0.5) is 5.69 Å². The molecule has 1 N–H and O–H groups in total. The summed E-state index contributed by atoms with van der Waals surface area (Å²) in [6.07, 6.45) is 1.83. The molecule has 0 bridgehead atoms. The third-order valence-corrected chi connectivity index (χ3v) is 7.35. The lowest BCUT2D eigenvalue weighted by molar-refractivity contribution is -0.141. The van der Waals surface area contributed by atoms with Crippen molar-refractivity contribution in [2.75, 3.05) is 17.1 Å². The number of anilines is 1. The van der Waals surface area contributed by atoms with Gasteiger partial charge in [0.05, 0.1) is 17.0 Å². The van der Waals surface area contributed by atoms with E-state index in [-0.39, 0.29) is 54.5 Å². The summed E-state index contributed by atoms with van der Waals surface area (Å²) in [4.78, 5) is 27.9. The van der Waals surface area contributed by atoms with Gasteiger partial charge in [0.25, 0.3) is 0 Å². The van der Waals surface area contributed by atoms with Crippen molar-refractivity contribution < 1.29 is 18.0 Å². The third-order valence-electron chi connectivity index (χ3n) is 5.62. The fraction of sp³-hybridized carbons (Fsp3) is 0.462. The van der Waals surface area contributed by atoms with Crippen LogP contribution in [0.2, 0.25) is 10.0 Å². The lowest BCUT2D eigenvalue weighted by Crippen LogP contribution is -2.50. The number of carbonyl (C=O) groups is 2. The smallest absolute Gasteiger partial charge is 0.243 e. The quantitative estimate of drug-likeness (QED) is 0.391. The molecule has 36 heavy (non-hydrogen) atoms. The Kier molecular flexibility index (Phi) is 11.1. The van der Waals surface area contributed by atoms with E-state index in [1.165, 1.54) is 12.1 Å². The van der Waals surface area contributed by atoms with Gasteiger partial charge in [0, 0.05) is 30.6 Å². The highest BCUT2D eigenvalue weighted by atomic mass is 35.5. The van der Waals surface area contributed by atoms with Crippen molar-refractivity contribution >= 4 is 50.7 Å². The standard InChI is InChI=1S/C26H35Cl2N3O4S/c1-6-23(26(33)29-18(2)3)30(17-20-11-9-19(4)10-12-20)25(32)8-7-15-31(36(5,34)35)24-16-21(27)13-14-22(24)28/h9-14,16,18,23H,6-8,15,17H2,1-5H3,(H,29,33)/t23-/m1/s1. The molecule has 0 aliphatic rings. The average molecular weight is 557 g/mol. The molecule has 7 nitrogen and oxygen atoms in total. The van der Waals surface area contributed by atoms with Gasteiger partial charge < -0.3 is 10.2 Å². The van der Waals surface area contributed by atoms with Gasteiger partial charge in [0.15, 0.2) is 0 Å². The summed E-state index contributed by atoms with van der Waals surface area (Å²) >= 11 is 12.3. The Bertz CT molecular complexity index is 1150. The summed E-state index contributed by atoms with van der Waals surface area (Å²) < 4.78 is 26.1. The van der Waals surface area contributed by atoms with E-state index in [0.717, 1.165) is 21.7 Å². The summed E-state index contributed by atoms with van der Waals surface area (Å²) in [5.41, 5.74) is 2.27. The number of halogens is 2. The molecule has 0 aromatic heterocycles. The second kappa shape index (κ2) is 13.3. The van der Waals surface area contributed by atoms with Gasteiger partial charge in [-0.05, 0) is 57.4 Å². The minimum absolute atomic E-state index is 0.0397. The van der Waals surface area contributed by atoms with Crippen LogP contribution in [0.1, 0.15) is 51.2 Å². The zero-order valence-electron chi connectivity index (χ0n) is 21.4. The predicted octanol–water partition coefficient (Wildman–Crippen LogP) is 5.18. The molecule has 0 heterocycles. The van der Waals surface area contributed by atoms with E-state index in [1.807, 2.05) is 52.0 Å². The topological polar surface area (TPSA) is 86.8 Å². The Morgan fingerprint density at radius 1 is 1.06 bits per heavy atom. The Balaban J connectivity index is 2.24. The van der Waals surface area contributed by atoms with Crippen molar-refractivity contribution in [2.24, 2.45) is 0 Å². The molecule has 2 amide bonds. The van der Waals surface area contributed by atoms with Crippen molar-refractivity contribution in [2.45, 2.75) is 65.6 Å². The molecule has 2 aromatic carbocycles. The Morgan fingerprint density at radius 3 is 2.25 bits per heavy atom. The van der Waals surface area contributed by atoms with Crippen LogP contribution in [0.15, 0.2) is 42.5 Å². The van der Waals surface area contributed by atoms with Gasteiger partial charge in [-0.2, -0.15) is 0 Å². The van der Waals surface area contributed by atoms with E-state index in [9.17, 15) is 18.0 Å². The first kappa shape index (κ1) is 29.9. The number of benzene rings is 2. The van der Waals surface area contributed by atoms with Gasteiger partial charge in [-0.1, -0.05) is 60.0 Å². The van der Waals surface area contributed by atoms with Crippen LogP contribution in [0.25, 0.3) is 0 Å². The summed E-state index contributed by atoms with van der Waals surface area (Å²) in [6.45, 7) is 7.91. The van der Waals surface area contributed by atoms with E-state index in [0.29, 0.717) is 11.4 Å². The van der Waals surface area contributed by atoms with Crippen LogP contribution in [0.3, 0.4) is 0 Å². The van der Waals surface area contributed by atoms with Gasteiger partial charge >= 0.3 is 0 Å². The Hall–Kier alpha value is -2.29. The van der Waals surface area contributed by atoms with E-state index in [1.54, 1.807) is 11.0 Å². The number of nitrogens with one attached hydrogen (secondary N) is 1. The van der Waals surface area contributed by atoms with Crippen LogP contribution in [0, 0.1) is 6.92 Å². The van der Waals surface area contributed by atoms with Crippen molar-refractivity contribution in [3.63, 3.8) is 0 Å². The number of rotatable bonds is 12. The van der Waals surface area contributed by atoms with E-state index < -0.39 is 16.1 Å². The summed E-state index contributed by atoms with van der Waals surface area (Å²) in [6, 6.07) is 11.7. The molecule has 0 aliphatic heterocycles. The molecular weight excluding hydrogens is 521 g/mol. The van der Waals surface area contributed by atoms with Crippen LogP contribution >= 0.6 is 23.2 Å². The highest BCUT2D eigenvalue weighted by Gasteiger charge is 2.29. The highest BCUT2D eigenvalue weighted by Crippen LogP contribution is 2.31. The third kappa shape index (κ3) is 8.68. The van der Waals surface area contributed by atoms with Crippen LogP contribution in [-0.4, -0.2) is 50.0 Å². The molecule has 0 radical (unpaired) electrons. The summed E-state index contributed by atoms with van der Waals surface area (Å²) in [7, 11) is -3.67. The maximum Gasteiger partial charge on any atom is 0.243 e. The minimum atomic E-state index is -3.67. The number of nitrogens with zero attached hydrogens (tertiary/aromatic N) is 2. The highest BCUT2D eigenvalue weighted by molar-refractivity contribution is 7.92. The molecule has 198 valence electrons. The van der Waals surface area contributed by atoms with Gasteiger partial charge in [0.2, 0.25) is 21.8 Å². The first-order valence-corrected chi connectivity index (χ1v) is 14.5.